The highest BCUT2D eigenvalue weighted by molar-refractivity contribution is 7.98. The normalized spacial score (nSPS) is 20.9. The van der Waals surface area contributed by atoms with Gasteiger partial charge in [-0.05, 0) is 25.5 Å². The van der Waals surface area contributed by atoms with Crippen molar-refractivity contribution in [1.82, 2.24) is 5.32 Å². The molecule has 0 aromatic rings. The molecular formula is C13H26N2OS. The van der Waals surface area contributed by atoms with Crippen LogP contribution in [-0.2, 0) is 4.79 Å². The number of carbonyl (C=O) groups is 1. The molecule has 0 saturated heterocycles. The van der Waals surface area contributed by atoms with Gasteiger partial charge in [0.05, 0.1) is 6.04 Å². The van der Waals surface area contributed by atoms with E-state index in [1.165, 1.54) is 32.1 Å². The molecule has 3 nitrogen and oxygen atoms in total. The summed E-state index contributed by atoms with van der Waals surface area (Å²) in [7, 11) is 0. The Morgan fingerprint density at radius 1 is 1.41 bits per heavy atom. The second-order valence-electron chi connectivity index (χ2n) is 5.21. The highest BCUT2D eigenvalue weighted by Gasteiger charge is 2.21. The van der Waals surface area contributed by atoms with Gasteiger partial charge in [-0.3, -0.25) is 4.79 Å². The standard InChI is InChI=1S/C13H26N2OS/c1-10(9-17-2)15-13(16)12(14)8-11-6-4-3-5-7-11/h10-12H,3-9,14H2,1-2H3,(H,15,16). The van der Waals surface area contributed by atoms with E-state index in [1.54, 1.807) is 11.8 Å². The third kappa shape index (κ3) is 5.77. The molecule has 17 heavy (non-hydrogen) atoms. The fraction of sp³-hybridized carbons (Fsp3) is 0.923. The lowest BCUT2D eigenvalue weighted by molar-refractivity contribution is -0.123. The highest BCUT2D eigenvalue weighted by atomic mass is 32.2. The van der Waals surface area contributed by atoms with Crippen LogP contribution < -0.4 is 11.1 Å². The van der Waals surface area contributed by atoms with Crippen molar-refractivity contribution >= 4 is 17.7 Å². The van der Waals surface area contributed by atoms with Gasteiger partial charge in [-0.1, -0.05) is 32.1 Å². The highest BCUT2D eigenvalue weighted by Crippen LogP contribution is 2.26. The molecule has 2 atom stereocenters. The van der Waals surface area contributed by atoms with E-state index in [-0.39, 0.29) is 18.0 Å². The zero-order valence-electron chi connectivity index (χ0n) is 11.1. The van der Waals surface area contributed by atoms with Crippen molar-refractivity contribution in [1.29, 1.82) is 0 Å². The number of amides is 1. The Kier molecular flexibility index (Phi) is 6.97. The summed E-state index contributed by atoms with van der Waals surface area (Å²) in [5.41, 5.74) is 5.97. The smallest absolute Gasteiger partial charge is 0.237 e. The molecule has 1 amide bonds. The van der Waals surface area contributed by atoms with Crippen LogP contribution in [0.25, 0.3) is 0 Å². The van der Waals surface area contributed by atoms with Gasteiger partial charge in [-0.25, -0.2) is 0 Å². The van der Waals surface area contributed by atoms with Crippen LogP contribution in [0.5, 0.6) is 0 Å². The molecule has 1 saturated carbocycles. The van der Waals surface area contributed by atoms with Crippen molar-refractivity contribution in [2.45, 2.75) is 57.5 Å². The zero-order chi connectivity index (χ0) is 12.7. The van der Waals surface area contributed by atoms with Crippen molar-refractivity contribution in [3.63, 3.8) is 0 Å². The Morgan fingerprint density at radius 3 is 2.65 bits per heavy atom. The maximum absolute atomic E-state index is 11.9. The fourth-order valence-corrected chi connectivity index (χ4v) is 3.11. The second-order valence-corrected chi connectivity index (χ2v) is 6.12. The zero-order valence-corrected chi connectivity index (χ0v) is 11.9. The van der Waals surface area contributed by atoms with Crippen LogP contribution in [0.15, 0.2) is 0 Å². The number of hydrogen-bond acceptors (Lipinski definition) is 3. The molecule has 0 spiro atoms. The van der Waals surface area contributed by atoms with E-state index < -0.39 is 0 Å². The van der Waals surface area contributed by atoms with Crippen LogP contribution in [0.4, 0.5) is 0 Å². The van der Waals surface area contributed by atoms with Crippen molar-refractivity contribution in [3.8, 4) is 0 Å². The second kappa shape index (κ2) is 7.98. The molecular weight excluding hydrogens is 232 g/mol. The van der Waals surface area contributed by atoms with Gasteiger partial charge < -0.3 is 11.1 Å². The van der Waals surface area contributed by atoms with Gasteiger partial charge in [0, 0.05) is 11.8 Å². The van der Waals surface area contributed by atoms with Crippen LogP contribution >= 0.6 is 11.8 Å². The fourth-order valence-electron chi connectivity index (χ4n) is 2.53. The molecule has 0 bridgehead atoms. The Hall–Kier alpha value is -0.220. The van der Waals surface area contributed by atoms with E-state index >= 15 is 0 Å². The summed E-state index contributed by atoms with van der Waals surface area (Å²) in [6, 6.07) is -0.0997. The Morgan fingerprint density at radius 2 is 2.06 bits per heavy atom. The molecule has 0 aromatic heterocycles. The molecule has 0 heterocycles. The molecule has 1 aliphatic carbocycles. The number of carbonyl (C=O) groups excluding carboxylic acids is 1. The molecule has 0 radical (unpaired) electrons. The number of hydrogen-bond donors (Lipinski definition) is 2. The summed E-state index contributed by atoms with van der Waals surface area (Å²) in [6.07, 6.45) is 9.37. The lowest BCUT2D eigenvalue weighted by Gasteiger charge is -2.24. The Balaban J connectivity index is 2.25. The van der Waals surface area contributed by atoms with Gasteiger partial charge in [0.1, 0.15) is 0 Å². The lowest BCUT2D eigenvalue weighted by atomic mass is 9.85. The monoisotopic (exact) mass is 258 g/mol. The van der Waals surface area contributed by atoms with Gasteiger partial charge in [0.2, 0.25) is 5.91 Å². The first-order valence-corrected chi connectivity index (χ1v) is 8.07. The third-order valence-corrected chi connectivity index (χ3v) is 4.29. The minimum atomic E-state index is -0.317. The largest absolute Gasteiger partial charge is 0.351 e. The molecule has 1 aliphatic rings. The van der Waals surface area contributed by atoms with Crippen LogP contribution in [0, 0.1) is 5.92 Å². The minimum Gasteiger partial charge on any atom is -0.351 e. The predicted octanol–water partition coefficient (Wildman–Crippen LogP) is 2.15. The van der Waals surface area contributed by atoms with Crippen LogP contribution in [0.2, 0.25) is 0 Å². The Bertz CT molecular complexity index is 229. The van der Waals surface area contributed by atoms with E-state index in [9.17, 15) is 4.79 Å². The maximum Gasteiger partial charge on any atom is 0.237 e. The van der Waals surface area contributed by atoms with E-state index in [0.717, 1.165) is 12.2 Å². The lowest BCUT2D eigenvalue weighted by Crippen LogP contribution is -2.46. The molecule has 1 rings (SSSR count). The summed E-state index contributed by atoms with van der Waals surface area (Å²) in [5.74, 6) is 1.64. The van der Waals surface area contributed by atoms with Crippen molar-refractivity contribution in [2.24, 2.45) is 11.7 Å². The first kappa shape index (κ1) is 14.8. The SMILES string of the molecule is CSCC(C)NC(=O)C(N)CC1CCCCC1. The third-order valence-electron chi connectivity index (χ3n) is 3.45. The van der Waals surface area contributed by atoms with Gasteiger partial charge >= 0.3 is 0 Å². The molecule has 4 heteroatoms. The summed E-state index contributed by atoms with van der Waals surface area (Å²) >= 11 is 1.74. The molecule has 0 aromatic carbocycles. The summed E-state index contributed by atoms with van der Waals surface area (Å²) in [4.78, 5) is 11.9. The number of thioether (sulfide) groups is 1. The van der Waals surface area contributed by atoms with Gasteiger partial charge in [0.15, 0.2) is 0 Å². The number of nitrogens with two attached hydrogens (primary N) is 1. The quantitative estimate of drug-likeness (QED) is 0.767. The van der Waals surface area contributed by atoms with E-state index in [1.807, 2.05) is 13.2 Å². The average molecular weight is 258 g/mol. The van der Waals surface area contributed by atoms with Crippen LogP contribution in [-0.4, -0.2) is 30.0 Å². The van der Waals surface area contributed by atoms with Crippen molar-refractivity contribution in [3.05, 3.63) is 0 Å². The van der Waals surface area contributed by atoms with Crippen LogP contribution in [0.1, 0.15) is 45.4 Å². The number of nitrogens with one attached hydrogen (secondary N) is 1. The maximum atomic E-state index is 11.9. The van der Waals surface area contributed by atoms with E-state index in [4.69, 9.17) is 5.73 Å². The first-order valence-electron chi connectivity index (χ1n) is 6.68. The van der Waals surface area contributed by atoms with Crippen molar-refractivity contribution < 1.29 is 4.79 Å². The summed E-state index contributed by atoms with van der Waals surface area (Å²) in [6.45, 7) is 2.03. The summed E-state index contributed by atoms with van der Waals surface area (Å²) in [5, 5.41) is 2.99. The van der Waals surface area contributed by atoms with Crippen molar-refractivity contribution in [2.75, 3.05) is 12.0 Å². The van der Waals surface area contributed by atoms with Gasteiger partial charge in [0.25, 0.3) is 0 Å². The number of rotatable bonds is 6. The molecule has 100 valence electrons. The molecule has 2 unspecified atom stereocenters. The molecule has 3 N–H and O–H groups in total. The van der Waals surface area contributed by atoms with Crippen LogP contribution in [0.3, 0.4) is 0 Å². The average Bonchev–Trinajstić information content (AvgIpc) is 2.30. The summed E-state index contributed by atoms with van der Waals surface area (Å²) < 4.78 is 0. The minimum absolute atomic E-state index is 0.0251. The topological polar surface area (TPSA) is 55.1 Å². The van der Waals surface area contributed by atoms with Gasteiger partial charge in [-0.15, -0.1) is 0 Å². The first-order chi connectivity index (χ1) is 8.13. The van der Waals surface area contributed by atoms with E-state index in [0.29, 0.717) is 5.92 Å². The molecule has 0 aliphatic heterocycles. The van der Waals surface area contributed by atoms with E-state index in [2.05, 4.69) is 5.32 Å². The predicted molar refractivity (Wildman–Crippen MR) is 75.2 cm³/mol. The molecule has 1 fully saturated rings. The van der Waals surface area contributed by atoms with Gasteiger partial charge in [-0.2, -0.15) is 11.8 Å². The Labute approximate surface area is 109 Å².